The van der Waals surface area contributed by atoms with Crippen molar-refractivity contribution in [2.45, 2.75) is 20.2 Å². The Balaban J connectivity index is 0.000000242. The van der Waals surface area contributed by atoms with Crippen molar-refractivity contribution in [1.82, 2.24) is 24.4 Å². The number of nitrogens with one attached hydrogen (secondary N) is 3. The van der Waals surface area contributed by atoms with Gasteiger partial charge in [-0.1, -0.05) is 12.1 Å². The summed E-state index contributed by atoms with van der Waals surface area (Å²) in [7, 11) is 0. The molecule has 31 heavy (non-hydrogen) atoms. The molecule has 0 unspecified atom stereocenters. The maximum atomic E-state index is 11.9. The number of aryl methyl sites for hydroxylation is 1. The van der Waals surface area contributed by atoms with Gasteiger partial charge in [-0.15, -0.1) is 13.2 Å². The maximum Gasteiger partial charge on any atom is 0.0487 e. The fourth-order valence-corrected chi connectivity index (χ4v) is 2.32. The summed E-state index contributed by atoms with van der Waals surface area (Å²) in [6, 6.07) is 11.2. The van der Waals surface area contributed by atoms with Gasteiger partial charge in [0.05, 0.1) is 5.69 Å². The number of carbonyl (C=O) groups is 1. The monoisotopic (exact) mass is 502 g/mol. The van der Waals surface area contributed by atoms with Gasteiger partial charge in [0.2, 0.25) is 5.91 Å². The summed E-state index contributed by atoms with van der Waals surface area (Å²) in [5.74, 6) is -0.895. The number of halogens is 3. The first-order valence-electron chi connectivity index (χ1n) is 8.65. The number of ether oxygens (including phenoxy) is 1. The molecule has 3 N–H and O–H groups in total. The number of hydrogen-bond donors (Lipinski definition) is 3. The Labute approximate surface area is 182 Å². The fraction of sp³-hybridized carbons (Fsp3) is 0.158. The number of nitrogens with zero attached hydrogens (tertiary/aromatic N) is 3. The first-order valence-corrected chi connectivity index (χ1v) is 10.4. The second-order valence-corrected chi connectivity index (χ2v) is 6.79. The standard InChI is InChI=1S/C9H8F3NO2.C5H7N.C3H4N2.C2H2N2Se/c1-6(14)13-7-4-2-3-5-8(7)15-9(10,11)12;1-5-3-2-4-6-5;1-2-4-5-3-1;1-2-5-4-3-1/h2-5H,1H3,(H,13,14);2-4,6H,1H3;1-3H,(H,4,5);1-2H. The Morgan fingerprint density at radius 3 is 2.23 bits per heavy atom. The second kappa shape index (κ2) is 14.6. The van der Waals surface area contributed by atoms with E-state index in [0.717, 1.165) is 6.07 Å². The predicted octanol–water partition coefficient (Wildman–Crippen LogP) is 3.81. The van der Waals surface area contributed by atoms with Crippen LogP contribution in [-0.4, -0.2) is 51.4 Å². The normalized spacial score (nSPS) is 9.58. The number of benzene rings is 1. The number of alkyl halides is 3. The first-order chi connectivity index (χ1) is 14.8. The number of H-pyrrole nitrogens is 2. The number of aromatic amines is 2. The Morgan fingerprint density at radius 2 is 1.87 bits per heavy atom. The number of anilines is 1. The van der Waals surface area contributed by atoms with Gasteiger partial charge >= 0.3 is 41.4 Å². The maximum absolute atomic E-state index is 11.9. The quantitative estimate of drug-likeness (QED) is 0.362. The van der Waals surface area contributed by atoms with E-state index in [2.05, 4.69) is 34.4 Å². The van der Waals surface area contributed by atoms with Gasteiger partial charge in [-0.05, 0) is 37.3 Å². The summed E-state index contributed by atoms with van der Waals surface area (Å²) < 4.78 is 43.2. The van der Waals surface area contributed by atoms with E-state index in [1.54, 1.807) is 18.6 Å². The minimum Gasteiger partial charge on any atom is -0.286 e. The summed E-state index contributed by atoms with van der Waals surface area (Å²) in [5, 5.41) is 12.0. The van der Waals surface area contributed by atoms with Crippen molar-refractivity contribution in [2.24, 2.45) is 0 Å². The molecule has 0 spiro atoms. The molecular formula is C19H21F3N6O2Se. The molecule has 3 heterocycles. The number of amides is 1. The van der Waals surface area contributed by atoms with E-state index >= 15 is 0 Å². The van der Waals surface area contributed by atoms with Gasteiger partial charge in [-0.2, -0.15) is 5.10 Å². The van der Waals surface area contributed by atoms with Crippen LogP contribution in [-0.2, 0) is 4.79 Å². The van der Waals surface area contributed by atoms with Gasteiger partial charge < -0.3 is 15.0 Å². The fourth-order valence-electron chi connectivity index (χ4n) is 1.74. The van der Waals surface area contributed by atoms with Crippen molar-refractivity contribution in [2.75, 3.05) is 5.32 Å². The van der Waals surface area contributed by atoms with Crippen LogP contribution in [0.5, 0.6) is 5.75 Å². The molecule has 8 nitrogen and oxygen atoms in total. The molecule has 0 aliphatic rings. The van der Waals surface area contributed by atoms with E-state index in [-0.39, 0.29) is 5.69 Å². The zero-order valence-electron chi connectivity index (χ0n) is 16.6. The topological polar surface area (TPSA) is 109 Å². The van der Waals surface area contributed by atoms with Crippen LogP contribution < -0.4 is 10.1 Å². The first kappa shape index (κ1) is 25.7. The Morgan fingerprint density at radius 1 is 1.10 bits per heavy atom. The third-order valence-corrected chi connectivity index (χ3v) is 3.77. The van der Waals surface area contributed by atoms with Crippen LogP contribution in [0.4, 0.5) is 18.9 Å². The molecule has 0 aliphatic heterocycles. The van der Waals surface area contributed by atoms with Crippen LogP contribution >= 0.6 is 0 Å². The molecule has 1 amide bonds. The molecule has 0 aliphatic carbocycles. The number of aromatic nitrogens is 5. The summed E-state index contributed by atoms with van der Waals surface area (Å²) in [6.07, 6.45) is 2.32. The minimum absolute atomic E-state index is 0.0117. The molecule has 4 aromatic rings. The number of hydrogen-bond acceptors (Lipinski definition) is 5. The number of carbonyl (C=O) groups excluding carboxylic acids is 1. The van der Waals surface area contributed by atoms with Gasteiger partial charge in [0.15, 0.2) is 5.75 Å². The van der Waals surface area contributed by atoms with Gasteiger partial charge in [-0.3, -0.25) is 9.89 Å². The number of para-hydroxylation sites is 2. The van der Waals surface area contributed by atoms with Crippen LogP contribution in [0, 0.1) is 6.92 Å². The molecule has 0 saturated carbocycles. The van der Waals surface area contributed by atoms with E-state index in [0.29, 0.717) is 14.7 Å². The molecule has 12 heteroatoms. The van der Waals surface area contributed by atoms with Crippen LogP contribution in [0.3, 0.4) is 0 Å². The van der Waals surface area contributed by atoms with Crippen molar-refractivity contribution in [3.05, 3.63) is 77.9 Å². The largest absolute Gasteiger partial charge is 0.286 e. The van der Waals surface area contributed by atoms with E-state index in [1.165, 1.54) is 30.8 Å². The average Bonchev–Trinajstić information content (AvgIpc) is 3.49. The third kappa shape index (κ3) is 14.3. The molecule has 4 rings (SSSR count). The molecule has 166 valence electrons. The Bertz CT molecular complexity index is 869. The molecular weight excluding hydrogens is 480 g/mol. The van der Waals surface area contributed by atoms with E-state index in [1.807, 2.05) is 36.3 Å². The van der Waals surface area contributed by atoms with Crippen LogP contribution in [0.15, 0.2) is 72.2 Å². The minimum atomic E-state index is -4.77. The zero-order chi connectivity index (χ0) is 23.0. The van der Waals surface area contributed by atoms with E-state index in [9.17, 15) is 18.0 Å². The third-order valence-electron chi connectivity index (χ3n) is 2.87. The zero-order valence-corrected chi connectivity index (χ0v) is 18.3. The van der Waals surface area contributed by atoms with Crippen LogP contribution in [0.2, 0.25) is 0 Å². The molecule has 0 saturated heterocycles. The van der Waals surface area contributed by atoms with Crippen molar-refractivity contribution < 1.29 is 22.7 Å². The smallest absolute Gasteiger partial charge is 0.0487 e. The Kier molecular flexibility index (Phi) is 12.1. The summed E-state index contributed by atoms with van der Waals surface area (Å²) >= 11 is 0.347. The molecule has 0 atom stereocenters. The van der Waals surface area contributed by atoms with Gasteiger partial charge in [0, 0.05) is 31.2 Å². The van der Waals surface area contributed by atoms with Crippen LogP contribution in [0.1, 0.15) is 12.6 Å². The van der Waals surface area contributed by atoms with Crippen molar-refractivity contribution in [3.63, 3.8) is 0 Å². The van der Waals surface area contributed by atoms with Crippen molar-refractivity contribution in [3.8, 4) is 5.75 Å². The Hall–Kier alpha value is -3.37. The average molecular weight is 501 g/mol. The van der Waals surface area contributed by atoms with Gasteiger partial charge in [0.1, 0.15) is 0 Å². The van der Waals surface area contributed by atoms with E-state index < -0.39 is 18.0 Å². The molecule has 0 radical (unpaired) electrons. The molecule has 3 aromatic heterocycles. The van der Waals surface area contributed by atoms with Crippen LogP contribution in [0.25, 0.3) is 0 Å². The van der Waals surface area contributed by atoms with Crippen molar-refractivity contribution >= 4 is 26.3 Å². The summed E-state index contributed by atoms with van der Waals surface area (Å²) in [6.45, 7) is 3.23. The predicted molar refractivity (Wildman–Crippen MR) is 111 cm³/mol. The molecule has 0 bridgehead atoms. The van der Waals surface area contributed by atoms with Gasteiger partial charge in [-0.25, -0.2) is 0 Å². The molecule has 1 aromatic carbocycles. The SMILES string of the molecule is CC(=O)Nc1ccccc1OC(F)(F)F.Cc1ccc[nH]1.c1c[se]nn1.c1cn[nH]c1. The van der Waals surface area contributed by atoms with Gasteiger partial charge in [0.25, 0.3) is 0 Å². The summed E-state index contributed by atoms with van der Waals surface area (Å²) in [4.78, 5) is 15.6. The molecule has 0 fully saturated rings. The summed E-state index contributed by atoms with van der Waals surface area (Å²) in [5.41, 5.74) is 1.21. The van der Waals surface area contributed by atoms with Crippen molar-refractivity contribution in [1.29, 1.82) is 0 Å². The number of rotatable bonds is 2. The van der Waals surface area contributed by atoms with E-state index in [4.69, 9.17) is 0 Å². The second-order valence-electron chi connectivity index (χ2n) is 5.43.